The van der Waals surface area contributed by atoms with Gasteiger partial charge in [0.05, 0.1) is 27.7 Å². The van der Waals surface area contributed by atoms with Crippen LogP contribution < -0.4 is 4.89 Å². The molecule has 0 aliphatic carbocycles. The maximum atomic E-state index is 12.8. The van der Waals surface area contributed by atoms with Gasteiger partial charge in [-0.2, -0.15) is 0 Å². The standard InChI is InChI=1S/C68H130NO8P/c1-6-8-10-12-14-16-18-20-22-24-26-28-29-30-31-32-33-34-35-36-37-38-39-41-42-44-46-48-50-52-54-56-58-60-67(70)74-64-66(65-76-78(72,73)75-63-62-69(3,4)5)77-68(71)61-59-57-55-53-51-49-47-45-43-40-27-25-23-21-19-17-15-13-11-9-7-2/h19,21,24-27,66H,6-18,20,22-23,28-65H2,1-5H3/b21-19-,26-24-,27-25-. The third-order valence-electron chi connectivity index (χ3n) is 15.1. The van der Waals surface area contributed by atoms with Gasteiger partial charge in [0.25, 0.3) is 7.82 Å². The smallest absolute Gasteiger partial charge is 0.306 e. The molecule has 0 spiro atoms. The van der Waals surface area contributed by atoms with Crippen LogP contribution in [0.1, 0.15) is 335 Å². The Balaban J connectivity index is 3.99. The SMILES string of the molecule is CCCCCCC/C=C\C/C=C\CCCCCCCCCCCC(=O)OC(COC(=O)CCCCCCCCCCCCCCCCCCCCCCC/C=C\CCCCCCCCCC)COP(=O)([O-])OCC[N+](C)(C)C. The van der Waals surface area contributed by atoms with Crippen LogP contribution in [0.15, 0.2) is 36.5 Å². The largest absolute Gasteiger partial charge is 0.756 e. The molecule has 78 heavy (non-hydrogen) atoms. The number of likely N-dealkylation sites (N-methyl/N-ethyl adjacent to an activating group) is 1. The van der Waals surface area contributed by atoms with E-state index in [-0.39, 0.29) is 32.0 Å². The summed E-state index contributed by atoms with van der Waals surface area (Å²) in [6.07, 6.45) is 75.1. The van der Waals surface area contributed by atoms with Crippen molar-refractivity contribution in [2.24, 2.45) is 0 Å². The molecule has 2 atom stereocenters. The van der Waals surface area contributed by atoms with E-state index in [1.807, 2.05) is 21.1 Å². The van der Waals surface area contributed by atoms with Crippen molar-refractivity contribution in [2.75, 3.05) is 47.5 Å². The molecule has 0 bridgehead atoms. The number of nitrogens with zero attached hydrogens (tertiary/aromatic N) is 1. The summed E-state index contributed by atoms with van der Waals surface area (Å²) >= 11 is 0. The highest BCUT2D eigenvalue weighted by atomic mass is 31.2. The van der Waals surface area contributed by atoms with Crippen LogP contribution in [-0.4, -0.2) is 70.0 Å². The Morgan fingerprint density at radius 2 is 0.692 bits per heavy atom. The summed E-state index contributed by atoms with van der Waals surface area (Å²) in [6.45, 7) is 4.28. The van der Waals surface area contributed by atoms with Crippen molar-refractivity contribution in [3.63, 3.8) is 0 Å². The molecule has 0 radical (unpaired) electrons. The summed E-state index contributed by atoms with van der Waals surface area (Å²) in [7, 11) is 1.18. The zero-order valence-corrected chi connectivity index (χ0v) is 53.3. The molecule has 0 aliphatic heterocycles. The number of phosphoric acid groups is 1. The number of carbonyl (C=O) groups is 2. The highest BCUT2D eigenvalue weighted by Gasteiger charge is 2.22. The molecule has 0 fully saturated rings. The molecule has 9 nitrogen and oxygen atoms in total. The van der Waals surface area contributed by atoms with Crippen LogP contribution in [0.4, 0.5) is 0 Å². The van der Waals surface area contributed by atoms with Crippen LogP contribution in [0.5, 0.6) is 0 Å². The van der Waals surface area contributed by atoms with Gasteiger partial charge in [-0.1, -0.05) is 288 Å². The minimum Gasteiger partial charge on any atom is -0.756 e. The monoisotopic (exact) mass is 1120 g/mol. The summed E-state index contributed by atoms with van der Waals surface area (Å²) in [5, 5.41) is 0. The number of rotatable bonds is 63. The number of quaternary nitrogens is 1. The van der Waals surface area contributed by atoms with Crippen molar-refractivity contribution in [3.8, 4) is 0 Å². The number of esters is 2. The Hall–Kier alpha value is -1.77. The number of hydrogen-bond donors (Lipinski definition) is 0. The molecule has 0 heterocycles. The fourth-order valence-electron chi connectivity index (χ4n) is 9.92. The molecule has 0 N–H and O–H groups in total. The molecule has 0 saturated heterocycles. The summed E-state index contributed by atoms with van der Waals surface area (Å²) < 4.78 is 34.3. The molecular weight excluding hydrogens is 990 g/mol. The van der Waals surface area contributed by atoms with Crippen LogP contribution in [0.3, 0.4) is 0 Å². The van der Waals surface area contributed by atoms with E-state index in [0.717, 1.165) is 51.4 Å². The lowest BCUT2D eigenvalue weighted by Crippen LogP contribution is -2.37. The van der Waals surface area contributed by atoms with Crippen LogP contribution in [0.2, 0.25) is 0 Å². The van der Waals surface area contributed by atoms with Gasteiger partial charge in [-0.15, -0.1) is 0 Å². The molecule has 0 aliphatic rings. The van der Waals surface area contributed by atoms with E-state index in [4.69, 9.17) is 18.5 Å². The topological polar surface area (TPSA) is 111 Å². The molecule has 0 rings (SSSR count). The highest BCUT2D eigenvalue weighted by Crippen LogP contribution is 2.38. The van der Waals surface area contributed by atoms with Crippen molar-refractivity contribution in [3.05, 3.63) is 36.5 Å². The van der Waals surface area contributed by atoms with Gasteiger partial charge in [-0.05, 0) is 70.6 Å². The fraction of sp³-hybridized carbons (Fsp3) is 0.882. The van der Waals surface area contributed by atoms with Crippen molar-refractivity contribution in [2.45, 2.75) is 341 Å². The van der Waals surface area contributed by atoms with Crippen LogP contribution in [0, 0.1) is 0 Å². The zero-order chi connectivity index (χ0) is 57.0. The molecule has 0 aromatic heterocycles. The van der Waals surface area contributed by atoms with Gasteiger partial charge in [-0.25, -0.2) is 0 Å². The number of ether oxygens (including phenoxy) is 2. The van der Waals surface area contributed by atoms with Gasteiger partial charge >= 0.3 is 11.9 Å². The van der Waals surface area contributed by atoms with Gasteiger partial charge in [0.15, 0.2) is 6.10 Å². The third-order valence-corrected chi connectivity index (χ3v) is 16.1. The molecule has 0 saturated carbocycles. The van der Waals surface area contributed by atoms with E-state index in [1.165, 1.54) is 250 Å². The summed E-state index contributed by atoms with van der Waals surface area (Å²) in [5.41, 5.74) is 0. The van der Waals surface area contributed by atoms with Crippen LogP contribution in [-0.2, 0) is 32.7 Å². The molecule has 460 valence electrons. The maximum absolute atomic E-state index is 12.8. The van der Waals surface area contributed by atoms with Crippen LogP contribution >= 0.6 is 7.82 Å². The Morgan fingerprint density at radius 3 is 1.03 bits per heavy atom. The second-order valence-corrected chi connectivity index (χ2v) is 25.6. The van der Waals surface area contributed by atoms with E-state index in [9.17, 15) is 19.0 Å². The highest BCUT2D eigenvalue weighted by molar-refractivity contribution is 7.45. The number of phosphoric ester groups is 1. The second kappa shape index (κ2) is 59.8. The average molecular weight is 1120 g/mol. The first-order valence-corrected chi connectivity index (χ1v) is 35.2. The summed E-state index contributed by atoms with van der Waals surface area (Å²) in [6, 6.07) is 0. The van der Waals surface area contributed by atoms with Crippen molar-refractivity contribution in [1.82, 2.24) is 0 Å². The van der Waals surface area contributed by atoms with E-state index in [1.54, 1.807) is 0 Å². The normalized spacial score (nSPS) is 13.4. The number of allylic oxidation sites excluding steroid dienone is 6. The molecule has 0 amide bonds. The molecule has 0 aromatic rings. The Labute approximate surface area is 484 Å². The maximum Gasteiger partial charge on any atom is 0.306 e. The Kier molecular flexibility index (Phi) is 58.5. The van der Waals surface area contributed by atoms with Crippen molar-refractivity contribution >= 4 is 19.8 Å². The molecule has 10 heteroatoms. The number of unbranched alkanes of at least 4 members (excludes halogenated alkanes) is 43. The average Bonchev–Trinajstić information content (AvgIpc) is 3.41. The first-order valence-electron chi connectivity index (χ1n) is 33.7. The quantitative estimate of drug-likeness (QED) is 0.0195. The van der Waals surface area contributed by atoms with E-state index in [2.05, 4.69) is 50.3 Å². The lowest BCUT2D eigenvalue weighted by atomic mass is 10.0. The first kappa shape index (κ1) is 76.2. The molecular formula is C68H130NO8P. The predicted octanol–water partition coefficient (Wildman–Crippen LogP) is 20.9. The fourth-order valence-corrected chi connectivity index (χ4v) is 10.6. The van der Waals surface area contributed by atoms with Crippen molar-refractivity contribution < 1.29 is 42.1 Å². The lowest BCUT2D eigenvalue weighted by molar-refractivity contribution is -0.870. The Bertz CT molecular complexity index is 1410. The lowest BCUT2D eigenvalue weighted by Gasteiger charge is -2.28. The zero-order valence-electron chi connectivity index (χ0n) is 52.4. The second-order valence-electron chi connectivity index (χ2n) is 24.2. The summed E-state index contributed by atoms with van der Waals surface area (Å²) in [4.78, 5) is 38.0. The van der Waals surface area contributed by atoms with E-state index < -0.39 is 26.5 Å². The van der Waals surface area contributed by atoms with Gasteiger partial charge < -0.3 is 27.9 Å². The van der Waals surface area contributed by atoms with E-state index in [0.29, 0.717) is 17.4 Å². The van der Waals surface area contributed by atoms with Crippen molar-refractivity contribution in [1.29, 1.82) is 0 Å². The first-order chi connectivity index (χ1) is 38.0. The van der Waals surface area contributed by atoms with Gasteiger partial charge in [0.2, 0.25) is 0 Å². The Morgan fingerprint density at radius 1 is 0.397 bits per heavy atom. The number of carbonyl (C=O) groups excluding carboxylic acids is 2. The minimum atomic E-state index is -4.64. The predicted molar refractivity (Wildman–Crippen MR) is 333 cm³/mol. The molecule has 0 aromatic carbocycles. The van der Waals surface area contributed by atoms with Gasteiger partial charge in [-0.3, -0.25) is 14.2 Å². The number of hydrogen-bond acceptors (Lipinski definition) is 8. The summed E-state index contributed by atoms with van der Waals surface area (Å²) in [5.74, 6) is -0.821. The molecule has 2 unspecified atom stereocenters. The van der Waals surface area contributed by atoms with Crippen LogP contribution in [0.25, 0.3) is 0 Å². The van der Waals surface area contributed by atoms with Gasteiger partial charge in [0.1, 0.15) is 19.8 Å². The third kappa shape index (κ3) is 63.4. The van der Waals surface area contributed by atoms with Gasteiger partial charge in [0, 0.05) is 12.8 Å². The minimum absolute atomic E-state index is 0.0300. The van der Waals surface area contributed by atoms with E-state index >= 15 is 0 Å².